The average Bonchev–Trinajstić information content (AvgIpc) is 2.44. The predicted octanol–water partition coefficient (Wildman–Crippen LogP) is 2.05. The molecule has 0 radical (unpaired) electrons. The minimum Gasteiger partial charge on any atom is -0.359 e. The first-order valence-corrected chi connectivity index (χ1v) is 6.38. The normalized spacial score (nSPS) is 10.2. The molecule has 0 aliphatic rings. The van der Waals surface area contributed by atoms with Gasteiger partial charge in [0.05, 0.1) is 17.2 Å². The third-order valence-corrected chi connectivity index (χ3v) is 2.85. The summed E-state index contributed by atoms with van der Waals surface area (Å²) in [7, 11) is 1.66. The van der Waals surface area contributed by atoms with Crippen LogP contribution in [0.2, 0.25) is 0 Å². The van der Waals surface area contributed by atoms with Crippen LogP contribution in [0.4, 0.5) is 17.5 Å². The van der Waals surface area contributed by atoms with E-state index in [4.69, 9.17) is 0 Å². The summed E-state index contributed by atoms with van der Waals surface area (Å²) in [5, 5.41) is 16.9. The Balaban J connectivity index is 2.29. The molecule has 8 heteroatoms. The lowest BCUT2D eigenvalue weighted by atomic mass is 10.3. The van der Waals surface area contributed by atoms with Gasteiger partial charge in [-0.05, 0) is 26.0 Å². The maximum absolute atomic E-state index is 11.2. The molecule has 0 aliphatic heterocycles. The smallest absolute Gasteiger partial charge is 0.332 e. The van der Waals surface area contributed by atoms with E-state index in [0.717, 1.165) is 11.4 Å². The minimum absolute atomic E-state index is 0.123. The maximum Gasteiger partial charge on any atom is 0.332 e. The van der Waals surface area contributed by atoms with Gasteiger partial charge in [-0.25, -0.2) is 4.98 Å². The van der Waals surface area contributed by atoms with Crippen LogP contribution >= 0.6 is 0 Å². The second-order valence-corrected chi connectivity index (χ2v) is 4.46. The van der Waals surface area contributed by atoms with Gasteiger partial charge in [0.1, 0.15) is 5.69 Å². The molecule has 2 N–H and O–H groups in total. The van der Waals surface area contributed by atoms with Crippen molar-refractivity contribution in [2.75, 3.05) is 17.7 Å². The number of nitrogens with zero attached hydrogens (tertiary/aromatic N) is 4. The van der Waals surface area contributed by atoms with Crippen LogP contribution in [0.15, 0.2) is 18.2 Å². The molecule has 2 rings (SSSR count). The van der Waals surface area contributed by atoms with Gasteiger partial charge in [0.2, 0.25) is 11.8 Å². The lowest BCUT2D eigenvalue weighted by Gasteiger charge is -2.09. The third kappa shape index (κ3) is 3.41. The Morgan fingerprint density at radius 3 is 2.62 bits per heavy atom. The number of aryl methyl sites for hydroxylation is 2. The van der Waals surface area contributed by atoms with Crippen LogP contribution in [0, 0.1) is 24.0 Å². The highest BCUT2D eigenvalue weighted by Crippen LogP contribution is 2.26. The number of hydrogen-bond acceptors (Lipinski definition) is 7. The van der Waals surface area contributed by atoms with E-state index in [-0.39, 0.29) is 11.5 Å². The van der Waals surface area contributed by atoms with Gasteiger partial charge in [-0.15, -0.1) is 0 Å². The largest absolute Gasteiger partial charge is 0.359 e. The first-order valence-electron chi connectivity index (χ1n) is 6.38. The Bertz CT molecular complexity index is 674. The molecule has 0 spiro atoms. The van der Waals surface area contributed by atoms with Crippen LogP contribution < -0.4 is 10.6 Å². The molecule has 0 aromatic carbocycles. The highest BCUT2D eigenvalue weighted by Gasteiger charge is 2.21. The second kappa shape index (κ2) is 6.12. The van der Waals surface area contributed by atoms with E-state index < -0.39 is 4.92 Å². The van der Waals surface area contributed by atoms with E-state index in [1.807, 2.05) is 25.1 Å². The fourth-order valence-electron chi connectivity index (χ4n) is 1.89. The third-order valence-electron chi connectivity index (χ3n) is 2.85. The van der Waals surface area contributed by atoms with Gasteiger partial charge < -0.3 is 10.6 Å². The quantitative estimate of drug-likeness (QED) is 0.640. The summed E-state index contributed by atoms with van der Waals surface area (Å²) in [6.07, 6.45) is 0. The highest BCUT2D eigenvalue weighted by atomic mass is 16.6. The van der Waals surface area contributed by atoms with E-state index in [1.165, 1.54) is 0 Å². The van der Waals surface area contributed by atoms with E-state index in [9.17, 15) is 10.1 Å². The van der Waals surface area contributed by atoms with Crippen LogP contribution in [0.5, 0.6) is 0 Å². The summed E-state index contributed by atoms with van der Waals surface area (Å²) in [6.45, 7) is 3.82. The first-order chi connectivity index (χ1) is 10.0. The van der Waals surface area contributed by atoms with Gasteiger partial charge in [-0.1, -0.05) is 6.07 Å². The van der Waals surface area contributed by atoms with Crippen LogP contribution in [-0.4, -0.2) is 26.9 Å². The Morgan fingerprint density at radius 2 is 2.00 bits per heavy atom. The van der Waals surface area contributed by atoms with E-state index in [2.05, 4.69) is 25.6 Å². The topological polar surface area (TPSA) is 106 Å². The molecular weight excluding hydrogens is 272 g/mol. The first kappa shape index (κ1) is 14.6. The maximum atomic E-state index is 11.2. The Labute approximate surface area is 121 Å². The Kier molecular flexibility index (Phi) is 4.27. The summed E-state index contributed by atoms with van der Waals surface area (Å²) >= 11 is 0. The van der Waals surface area contributed by atoms with Gasteiger partial charge >= 0.3 is 5.69 Å². The van der Waals surface area contributed by atoms with Crippen molar-refractivity contribution in [2.24, 2.45) is 0 Å². The lowest BCUT2D eigenvalue weighted by Crippen LogP contribution is -2.10. The van der Waals surface area contributed by atoms with Gasteiger partial charge in [0.25, 0.3) is 0 Å². The van der Waals surface area contributed by atoms with Crippen molar-refractivity contribution in [3.8, 4) is 0 Å². The summed E-state index contributed by atoms with van der Waals surface area (Å²) in [4.78, 5) is 23.1. The molecule has 0 amide bonds. The van der Waals surface area contributed by atoms with Crippen molar-refractivity contribution in [1.82, 2.24) is 15.0 Å². The van der Waals surface area contributed by atoms with Crippen molar-refractivity contribution in [3.05, 3.63) is 45.4 Å². The van der Waals surface area contributed by atoms with E-state index in [0.29, 0.717) is 18.2 Å². The molecule has 0 fully saturated rings. The number of rotatable bonds is 5. The van der Waals surface area contributed by atoms with Crippen LogP contribution in [0.25, 0.3) is 0 Å². The molecule has 0 saturated heterocycles. The van der Waals surface area contributed by atoms with Crippen molar-refractivity contribution in [3.63, 3.8) is 0 Å². The molecule has 0 atom stereocenters. The number of nitro groups is 1. The fraction of sp³-hybridized carbons (Fsp3) is 0.308. The molecule has 8 nitrogen and oxygen atoms in total. The van der Waals surface area contributed by atoms with Crippen molar-refractivity contribution < 1.29 is 4.92 Å². The van der Waals surface area contributed by atoms with Crippen LogP contribution in [0.1, 0.15) is 17.1 Å². The SMILES string of the molecule is CNc1nc(C)c([N+](=O)[O-])c(NCc2cccc(C)n2)n1. The zero-order chi connectivity index (χ0) is 15.4. The average molecular weight is 288 g/mol. The lowest BCUT2D eigenvalue weighted by molar-refractivity contribution is -0.385. The second-order valence-electron chi connectivity index (χ2n) is 4.46. The standard InChI is InChI=1S/C13H16N6O2/c1-8-5-4-6-10(16-8)7-15-12-11(19(20)21)9(2)17-13(14-3)18-12/h4-6H,7H2,1-3H3,(H2,14,15,17,18). The predicted molar refractivity (Wildman–Crippen MR) is 79.3 cm³/mol. The van der Waals surface area contributed by atoms with Gasteiger partial charge in [-0.3, -0.25) is 15.1 Å². The van der Waals surface area contributed by atoms with Crippen molar-refractivity contribution in [2.45, 2.75) is 20.4 Å². The molecule has 0 aliphatic carbocycles. The number of anilines is 2. The molecular formula is C13H16N6O2. The molecule has 21 heavy (non-hydrogen) atoms. The molecule has 0 bridgehead atoms. The van der Waals surface area contributed by atoms with Crippen LogP contribution in [-0.2, 0) is 6.54 Å². The molecule has 2 aromatic heterocycles. The molecule has 0 unspecified atom stereocenters. The molecule has 2 aromatic rings. The number of pyridine rings is 1. The number of nitrogens with one attached hydrogen (secondary N) is 2. The summed E-state index contributed by atoms with van der Waals surface area (Å²) < 4.78 is 0. The zero-order valence-corrected chi connectivity index (χ0v) is 12.0. The molecule has 0 saturated carbocycles. The summed E-state index contributed by atoms with van der Waals surface area (Å²) in [5.74, 6) is 0.512. The van der Waals surface area contributed by atoms with Crippen molar-refractivity contribution in [1.29, 1.82) is 0 Å². The summed E-state index contributed by atoms with van der Waals surface area (Å²) in [5.41, 5.74) is 1.85. The minimum atomic E-state index is -0.485. The van der Waals surface area contributed by atoms with Crippen LogP contribution in [0.3, 0.4) is 0 Å². The number of hydrogen-bond donors (Lipinski definition) is 2. The monoisotopic (exact) mass is 288 g/mol. The van der Waals surface area contributed by atoms with E-state index in [1.54, 1.807) is 14.0 Å². The summed E-state index contributed by atoms with van der Waals surface area (Å²) in [6, 6.07) is 5.62. The van der Waals surface area contributed by atoms with Gasteiger partial charge in [0, 0.05) is 12.7 Å². The molecule has 2 heterocycles. The van der Waals surface area contributed by atoms with Gasteiger partial charge in [0.15, 0.2) is 0 Å². The zero-order valence-electron chi connectivity index (χ0n) is 12.0. The van der Waals surface area contributed by atoms with E-state index >= 15 is 0 Å². The fourth-order valence-corrected chi connectivity index (χ4v) is 1.89. The molecule has 110 valence electrons. The van der Waals surface area contributed by atoms with Gasteiger partial charge in [-0.2, -0.15) is 4.98 Å². The highest BCUT2D eigenvalue weighted by molar-refractivity contribution is 5.60. The van der Waals surface area contributed by atoms with Crippen molar-refractivity contribution >= 4 is 17.5 Å². The Hall–Kier alpha value is -2.77. The number of aromatic nitrogens is 3. The Morgan fingerprint density at radius 1 is 1.24 bits per heavy atom.